The first-order chi connectivity index (χ1) is 11.5. The average molecular weight is 344 g/mol. The van der Waals surface area contributed by atoms with Crippen molar-refractivity contribution < 1.29 is 9.59 Å². The largest absolute Gasteiger partial charge is 0.366 e. The number of carbonyl (C=O) groups excluding carboxylic acids is 2. The standard InChI is InChI=1S/C14H12N6O3S/c15-12(23)8-1-3-9(4-2-8)16-11(22)7-24-14-19-18-13-17-10(21)5-6-20(13)14/h1-6H,7H2,(H2,15,23)(H,16,22)(H,17,18,21). The van der Waals surface area contributed by atoms with Gasteiger partial charge in [0.25, 0.3) is 5.56 Å². The van der Waals surface area contributed by atoms with Gasteiger partial charge in [-0.2, -0.15) is 0 Å². The Morgan fingerprint density at radius 3 is 2.67 bits per heavy atom. The quantitative estimate of drug-likeness (QED) is 0.568. The molecular weight excluding hydrogens is 332 g/mol. The van der Waals surface area contributed by atoms with Crippen molar-refractivity contribution >= 4 is 35.0 Å². The topological polar surface area (TPSA) is 135 Å². The van der Waals surface area contributed by atoms with Crippen LogP contribution in [0.4, 0.5) is 5.69 Å². The van der Waals surface area contributed by atoms with Crippen LogP contribution in [0, 0.1) is 0 Å². The van der Waals surface area contributed by atoms with E-state index in [0.717, 1.165) is 0 Å². The lowest BCUT2D eigenvalue weighted by Crippen LogP contribution is -2.15. The summed E-state index contributed by atoms with van der Waals surface area (Å²) in [5.41, 5.74) is 5.80. The smallest absolute Gasteiger partial charge is 0.252 e. The lowest BCUT2D eigenvalue weighted by Gasteiger charge is -2.05. The van der Waals surface area contributed by atoms with Crippen molar-refractivity contribution in [2.45, 2.75) is 5.16 Å². The number of thioether (sulfide) groups is 1. The molecule has 4 N–H and O–H groups in total. The van der Waals surface area contributed by atoms with Gasteiger partial charge in [-0.3, -0.25) is 23.8 Å². The summed E-state index contributed by atoms with van der Waals surface area (Å²) in [5, 5.41) is 10.9. The number of hydrogen-bond acceptors (Lipinski definition) is 6. The van der Waals surface area contributed by atoms with Crippen molar-refractivity contribution in [1.82, 2.24) is 19.6 Å². The maximum Gasteiger partial charge on any atom is 0.252 e. The molecule has 1 aromatic carbocycles. The molecule has 0 saturated carbocycles. The molecule has 3 rings (SSSR count). The van der Waals surface area contributed by atoms with Gasteiger partial charge in [-0.05, 0) is 24.3 Å². The van der Waals surface area contributed by atoms with Crippen LogP contribution in [0.15, 0.2) is 46.5 Å². The second-order valence-corrected chi connectivity index (χ2v) is 5.70. The van der Waals surface area contributed by atoms with Crippen LogP contribution in [0.5, 0.6) is 0 Å². The maximum absolute atomic E-state index is 12.0. The number of hydrogen-bond donors (Lipinski definition) is 3. The molecule has 122 valence electrons. The number of amides is 2. The van der Waals surface area contributed by atoms with E-state index in [2.05, 4.69) is 20.5 Å². The molecule has 2 amide bonds. The molecule has 0 spiro atoms. The lowest BCUT2D eigenvalue weighted by molar-refractivity contribution is -0.113. The third-order valence-corrected chi connectivity index (χ3v) is 4.00. The molecule has 0 radical (unpaired) electrons. The molecule has 9 nitrogen and oxygen atoms in total. The summed E-state index contributed by atoms with van der Waals surface area (Å²) >= 11 is 1.18. The van der Waals surface area contributed by atoms with Crippen LogP contribution in [-0.4, -0.2) is 37.1 Å². The zero-order valence-corrected chi connectivity index (χ0v) is 13.0. The molecule has 0 aliphatic rings. The molecule has 0 aliphatic heterocycles. The van der Waals surface area contributed by atoms with E-state index in [-0.39, 0.29) is 17.2 Å². The number of H-pyrrole nitrogens is 1. The first kappa shape index (κ1) is 15.7. The summed E-state index contributed by atoms with van der Waals surface area (Å²) in [6.07, 6.45) is 1.54. The second kappa shape index (κ2) is 6.54. The molecule has 0 saturated heterocycles. The van der Waals surface area contributed by atoms with Crippen LogP contribution in [0.2, 0.25) is 0 Å². The maximum atomic E-state index is 12.0. The molecule has 0 unspecified atom stereocenters. The Hall–Kier alpha value is -3.14. The number of aromatic nitrogens is 4. The van der Waals surface area contributed by atoms with Crippen LogP contribution in [0.25, 0.3) is 5.78 Å². The van der Waals surface area contributed by atoms with Crippen molar-refractivity contribution in [3.63, 3.8) is 0 Å². The molecular formula is C14H12N6O3S. The van der Waals surface area contributed by atoms with Crippen LogP contribution in [0.3, 0.4) is 0 Å². The number of primary amides is 1. The van der Waals surface area contributed by atoms with E-state index in [1.165, 1.54) is 36.2 Å². The zero-order chi connectivity index (χ0) is 17.1. The minimum Gasteiger partial charge on any atom is -0.366 e. The molecule has 3 aromatic rings. The number of nitrogens with two attached hydrogens (primary N) is 1. The number of rotatable bonds is 5. The van der Waals surface area contributed by atoms with Gasteiger partial charge in [0.2, 0.25) is 17.6 Å². The fourth-order valence-electron chi connectivity index (χ4n) is 1.93. The molecule has 0 bridgehead atoms. The molecule has 0 atom stereocenters. The van der Waals surface area contributed by atoms with E-state index < -0.39 is 5.91 Å². The number of fused-ring (bicyclic) bond motifs is 1. The Labute approximate surface area is 139 Å². The number of benzene rings is 1. The number of anilines is 1. The SMILES string of the molecule is NC(=O)c1ccc(NC(=O)CSc2nnc3[nH]c(=O)ccn23)cc1. The normalized spacial score (nSPS) is 10.7. The van der Waals surface area contributed by atoms with Gasteiger partial charge in [0, 0.05) is 23.5 Å². The summed E-state index contributed by atoms with van der Waals surface area (Å²) in [6, 6.07) is 7.61. The highest BCUT2D eigenvalue weighted by molar-refractivity contribution is 7.99. The zero-order valence-electron chi connectivity index (χ0n) is 12.2. The third-order valence-electron chi connectivity index (χ3n) is 3.06. The number of nitrogens with zero attached hydrogens (tertiary/aromatic N) is 3. The molecule has 2 heterocycles. The minimum atomic E-state index is -0.528. The van der Waals surface area contributed by atoms with E-state index in [1.807, 2.05) is 0 Å². The van der Waals surface area contributed by atoms with E-state index >= 15 is 0 Å². The van der Waals surface area contributed by atoms with Gasteiger partial charge < -0.3 is 11.1 Å². The van der Waals surface area contributed by atoms with Gasteiger partial charge in [-0.1, -0.05) is 11.8 Å². The molecule has 2 aromatic heterocycles. The summed E-state index contributed by atoms with van der Waals surface area (Å²) in [7, 11) is 0. The van der Waals surface area contributed by atoms with Gasteiger partial charge in [0.05, 0.1) is 5.75 Å². The Bertz CT molecular complexity index is 963. The third kappa shape index (κ3) is 3.43. The predicted molar refractivity (Wildman–Crippen MR) is 87.9 cm³/mol. The molecule has 0 fully saturated rings. The van der Waals surface area contributed by atoms with Crippen molar-refractivity contribution in [3.05, 3.63) is 52.4 Å². The fourth-order valence-corrected chi connectivity index (χ4v) is 2.65. The average Bonchev–Trinajstić information content (AvgIpc) is 2.95. The van der Waals surface area contributed by atoms with Crippen molar-refractivity contribution in [1.29, 1.82) is 0 Å². The van der Waals surface area contributed by atoms with Crippen molar-refractivity contribution in [2.75, 3.05) is 11.1 Å². The summed E-state index contributed by atoms with van der Waals surface area (Å²) in [5.74, 6) is -0.349. The van der Waals surface area contributed by atoms with Gasteiger partial charge in [0.1, 0.15) is 0 Å². The Morgan fingerprint density at radius 2 is 1.96 bits per heavy atom. The predicted octanol–water partition coefficient (Wildman–Crippen LogP) is 0.247. The van der Waals surface area contributed by atoms with Crippen LogP contribution < -0.4 is 16.6 Å². The Morgan fingerprint density at radius 1 is 1.21 bits per heavy atom. The van der Waals surface area contributed by atoms with E-state index in [9.17, 15) is 14.4 Å². The van der Waals surface area contributed by atoms with Crippen molar-refractivity contribution in [2.24, 2.45) is 5.73 Å². The molecule has 0 aliphatic carbocycles. The number of carbonyl (C=O) groups is 2. The highest BCUT2D eigenvalue weighted by atomic mass is 32.2. The second-order valence-electron chi connectivity index (χ2n) is 4.76. The molecule has 24 heavy (non-hydrogen) atoms. The van der Waals surface area contributed by atoms with Gasteiger partial charge in [-0.15, -0.1) is 10.2 Å². The summed E-state index contributed by atoms with van der Waals surface area (Å²) in [6.45, 7) is 0. The highest BCUT2D eigenvalue weighted by Gasteiger charge is 2.10. The fraction of sp³-hybridized carbons (Fsp3) is 0.0714. The lowest BCUT2D eigenvalue weighted by atomic mass is 10.2. The van der Waals surface area contributed by atoms with Gasteiger partial charge >= 0.3 is 0 Å². The van der Waals surface area contributed by atoms with Crippen LogP contribution in [0.1, 0.15) is 10.4 Å². The van der Waals surface area contributed by atoms with Crippen LogP contribution in [-0.2, 0) is 4.79 Å². The summed E-state index contributed by atoms with van der Waals surface area (Å²) < 4.78 is 1.58. The van der Waals surface area contributed by atoms with E-state index in [0.29, 0.717) is 22.2 Å². The molecule has 10 heteroatoms. The summed E-state index contributed by atoms with van der Waals surface area (Å²) in [4.78, 5) is 36.7. The first-order valence-corrected chi connectivity index (χ1v) is 7.78. The monoisotopic (exact) mass is 344 g/mol. The Kier molecular flexibility index (Phi) is 4.29. The van der Waals surface area contributed by atoms with Crippen LogP contribution >= 0.6 is 11.8 Å². The van der Waals surface area contributed by atoms with Gasteiger partial charge in [-0.25, -0.2) is 0 Å². The number of nitrogens with one attached hydrogen (secondary N) is 2. The first-order valence-electron chi connectivity index (χ1n) is 6.79. The van der Waals surface area contributed by atoms with E-state index in [4.69, 9.17) is 5.73 Å². The van der Waals surface area contributed by atoms with Crippen molar-refractivity contribution in [3.8, 4) is 0 Å². The number of aromatic amines is 1. The highest BCUT2D eigenvalue weighted by Crippen LogP contribution is 2.16. The van der Waals surface area contributed by atoms with E-state index in [1.54, 1.807) is 16.5 Å². The van der Waals surface area contributed by atoms with Gasteiger partial charge in [0.15, 0.2) is 5.16 Å². The minimum absolute atomic E-state index is 0.109. The Balaban J connectivity index is 1.62.